The van der Waals surface area contributed by atoms with Crippen molar-refractivity contribution in [2.45, 2.75) is 13.8 Å². The molecule has 1 aromatic carbocycles. The second kappa shape index (κ2) is 6.47. The van der Waals surface area contributed by atoms with Gasteiger partial charge in [0.25, 0.3) is 5.91 Å². The van der Waals surface area contributed by atoms with Crippen molar-refractivity contribution in [1.29, 1.82) is 0 Å². The lowest BCUT2D eigenvalue weighted by Gasteiger charge is -2.09. The van der Waals surface area contributed by atoms with E-state index in [1.165, 1.54) is 18.2 Å². The first kappa shape index (κ1) is 17.4. The minimum atomic E-state index is -1.28. The molecule has 1 fully saturated rings. The van der Waals surface area contributed by atoms with E-state index in [4.69, 9.17) is 5.11 Å². The number of nitrogens with zero attached hydrogens (tertiary/aromatic N) is 2. The van der Waals surface area contributed by atoms with Crippen molar-refractivity contribution >= 4 is 24.0 Å². The SMILES string of the molecule is Cc1cc(/C=C2/NC(=O)N(CC(=O)O)C2=O)c(C)n1-c1cccc(F)c1. The van der Waals surface area contributed by atoms with Crippen molar-refractivity contribution in [3.8, 4) is 5.69 Å². The molecule has 1 saturated heterocycles. The number of hydrogen-bond acceptors (Lipinski definition) is 3. The average molecular weight is 357 g/mol. The molecule has 0 atom stereocenters. The van der Waals surface area contributed by atoms with Gasteiger partial charge in [-0.05, 0) is 49.8 Å². The number of halogens is 1. The molecule has 1 aromatic heterocycles. The van der Waals surface area contributed by atoms with Gasteiger partial charge in [0.2, 0.25) is 0 Å². The summed E-state index contributed by atoms with van der Waals surface area (Å²) in [5, 5.41) is 11.2. The molecule has 2 aromatic rings. The van der Waals surface area contributed by atoms with Crippen LogP contribution in [0.4, 0.5) is 9.18 Å². The standard InChI is InChI=1S/C18H16FN3O4/c1-10-6-12(11(2)22(10)14-5-3-4-13(19)8-14)7-15-17(25)21(9-16(23)24)18(26)20-15/h3-8H,9H2,1-2H3,(H,20,26)(H,23,24)/b15-7+. The molecular weight excluding hydrogens is 341 g/mol. The zero-order valence-corrected chi connectivity index (χ0v) is 14.1. The summed E-state index contributed by atoms with van der Waals surface area (Å²) in [4.78, 5) is 35.4. The monoisotopic (exact) mass is 357 g/mol. The number of rotatable bonds is 4. The summed E-state index contributed by atoms with van der Waals surface area (Å²) in [5.41, 5.74) is 2.86. The van der Waals surface area contributed by atoms with Crippen LogP contribution in [0.15, 0.2) is 36.0 Å². The van der Waals surface area contributed by atoms with Crippen molar-refractivity contribution in [2.75, 3.05) is 6.54 Å². The average Bonchev–Trinajstić information content (AvgIpc) is 2.98. The number of urea groups is 1. The highest BCUT2D eigenvalue weighted by Crippen LogP contribution is 2.24. The third-order valence-corrected chi connectivity index (χ3v) is 4.09. The first-order chi connectivity index (χ1) is 12.3. The molecule has 1 aliphatic rings. The van der Waals surface area contributed by atoms with Crippen LogP contribution in [0.5, 0.6) is 0 Å². The molecule has 134 valence electrons. The van der Waals surface area contributed by atoms with E-state index >= 15 is 0 Å². The molecule has 0 spiro atoms. The molecule has 2 heterocycles. The summed E-state index contributed by atoms with van der Waals surface area (Å²) >= 11 is 0. The van der Waals surface area contributed by atoms with Crippen molar-refractivity contribution in [3.05, 3.63) is 58.8 Å². The number of aryl methyl sites for hydroxylation is 1. The highest BCUT2D eigenvalue weighted by atomic mass is 19.1. The summed E-state index contributed by atoms with van der Waals surface area (Å²) in [7, 11) is 0. The number of carboxylic acid groups (broad SMARTS) is 1. The topological polar surface area (TPSA) is 91.6 Å². The molecule has 3 amide bonds. The van der Waals surface area contributed by atoms with E-state index in [0.29, 0.717) is 16.2 Å². The molecule has 7 nitrogen and oxygen atoms in total. The third kappa shape index (κ3) is 3.08. The van der Waals surface area contributed by atoms with Crippen LogP contribution in [0.25, 0.3) is 11.8 Å². The number of carbonyl (C=O) groups is 3. The first-order valence-corrected chi connectivity index (χ1v) is 7.79. The number of carbonyl (C=O) groups excluding carboxylic acids is 2. The summed E-state index contributed by atoms with van der Waals surface area (Å²) in [6, 6.07) is 7.14. The van der Waals surface area contributed by atoms with Gasteiger partial charge in [-0.3, -0.25) is 9.59 Å². The van der Waals surface area contributed by atoms with Crippen LogP contribution in [0.1, 0.15) is 17.0 Å². The largest absolute Gasteiger partial charge is 0.480 e. The van der Waals surface area contributed by atoms with Gasteiger partial charge in [-0.15, -0.1) is 0 Å². The van der Waals surface area contributed by atoms with Gasteiger partial charge in [0.15, 0.2) is 0 Å². The van der Waals surface area contributed by atoms with Crippen LogP contribution in [0, 0.1) is 19.7 Å². The molecule has 0 aliphatic carbocycles. The van der Waals surface area contributed by atoms with Gasteiger partial charge >= 0.3 is 12.0 Å². The maximum Gasteiger partial charge on any atom is 0.329 e. The highest BCUT2D eigenvalue weighted by Gasteiger charge is 2.35. The van der Waals surface area contributed by atoms with Gasteiger partial charge in [-0.25, -0.2) is 14.1 Å². The summed E-state index contributed by atoms with van der Waals surface area (Å²) in [6.45, 7) is 2.94. The van der Waals surface area contributed by atoms with E-state index in [1.807, 2.05) is 11.5 Å². The maximum absolute atomic E-state index is 13.5. The molecule has 8 heteroatoms. The molecule has 1 aliphatic heterocycles. The maximum atomic E-state index is 13.5. The fourth-order valence-electron chi connectivity index (χ4n) is 2.95. The van der Waals surface area contributed by atoms with E-state index in [2.05, 4.69) is 5.32 Å². The fourth-order valence-corrected chi connectivity index (χ4v) is 2.95. The van der Waals surface area contributed by atoms with Crippen molar-refractivity contribution in [1.82, 2.24) is 14.8 Å². The van der Waals surface area contributed by atoms with E-state index in [9.17, 15) is 18.8 Å². The molecule has 0 radical (unpaired) electrons. The second-order valence-corrected chi connectivity index (χ2v) is 5.91. The third-order valence-electron chi connectivity index (χ3n) is 4.09. The molecule has 3 rings (SSSR count). The zero-order chi connectivity index (χ0) is 19.0. The van der Waals surface area contributed by atoms with E-state index in [0.717, 1.165) is 11.4 Å². The highest BCUT2D eigenvalue weighted by molar-refractivity contribution is 6.15. The van der Waals surface area contributed by atoms with Gasteiger partial charge in [0, 0.05) is 17.1 Å². The van der Waals surface area contributed by atoms with Crippen molar-refractivity contribution < 1.29 is 23.9 Å². The van der Waals surface area contributed by atoms with Crippen LogP contribution < -0.4 is 5.32 Å². The number of aliphatic carboxylic acids is 1. The Balaban J connectivity index is 1.98. The molecule has 2 N–H and O–H groups in total. The Hall–Kier alpha value is -3.42. The van der Waals surface area contributed by atoms with Crippen molar-refractivity contribution in [3.63, 3.8) is 0 Å². The number of benzene rings is 1. The normalized spacial score (nSPS) is 15.7. The summed E-state index contributed by atoms with van der Waals surface area (Å²) in [6.07, 6.45) is 1.49. The van der Waals surface area contributed by atoms with Gasteiger partial charge < -0.3 is 15.0 Å². The van der Waals surface area contributed by atoms with Crippen LogP contribution in [0.3, 0.4) is 0 Å². The lowest BCUT2D eigenvalue weighted by atomic mass is 10.2. The van der Waals surface area contributed by atoms with Crippen molar-refractivity contribution in [2.24, 2.45) is 0 Å². The lowest BCUT2D eigenvalue weighted by Crippen LogP contribution is -2.35. The lowest BCUT2D eigenvalue weighted by molar-refractivity contribution is -0.140. The minimum absolute atomic E-state index is 0.00394. The molecule has 26 heavy (non-hydrogen) atoms. The number of amides is 3. The van der Waals surface area contributed by atoms with Gasteiger partial charge in [0.1, 0.15) is 18.1 Å². The predicted molar refractivity (Wildman–Crippen MR) is 91.1 cm³/mol. The van der Waals surface area contributed by atoms with Crippen LogP contribution >= 0.6 is 0 Å². The number of imide groups is 1. The molecule has 0 saturated carbocycles. The van der Waals surface area contributed by atoms with Gasteiger partial charge in [-0.2, -0.15) is 0 Å². The summed E-state index contributed by atoms with van der Waals surface area (Å²) in [5.74, 6) is -2.34. The number of hydrogen-bond donors (Lipinski definition) is 2. The number of carboxylic acids is 1. The zero-order valence-electron chi connectivity index (χ0n) is 14.1. The molecule has 0 unspecified atom stereocenters. The summed E-state index contributed by atoms with van der Waals surface area (Å²) < 4.78 is 15.3. The van der Waals surface area contributed by atoms with Crippen LogP contribution in [-0.2, 0) is 9.59 Å². The first-order valence-electron chi connectivity index (χ1n) is 7.79. The van der Waals surface area contributed by atoms with Crippen LogP contribution in [0.2, 0.25) is 0 Å². The Morgan fingerprint density at radius 1 is 1.27 bits per heavy atom. The van der Waals surface area contributed by atoms with Gasteiger partial charge in [0.05, 0.1) is 0 Å². The number of nitrogens with one attached hydrogen (secondary N) is 1. The minimum Gasteiger partial charge on any atom is -0.480 e. The number of aromatic nitrogens is 1. The van der Waals surface area contributed by atoms with Crippen LogP contribution in [-0.4, -0.2) is 39.0 Å². The fraction of sp³-hybridized carbons (Fsp3) is 0.167. The predicted octanol–water partition coefficient (Wildman–Crippen LogP) is 2.21. The smallest absolute Gasteiger partial charge is 0.329 e. The Labute approximate surface area is 148 Å². The van der Waals surface area contributed by atoms with Gasteiger partial charge in [-0.1, -0.05) is 6.07 Å². The van der Waals surface area contributed by atoms with E-state index in [-0.39, 0.29) is 11.5 Å². The molecular formula is C18H16FN3O4. The Bertz CT molecular complexity index is 961. The Morgan fingerprint density at radius 2 is 2.00 bits per heavy atom. The Kier molecular flexibility index (Phi) is 4.33. The van der Waals surface area contributed by atoms with E-state index < -0.39 is 24.5 Å². The molecule has 0 bridgehead atoms. The van der Waals surface area contributed by atoms with E-state index in [1.54, 1.807) is 25.1 Å². The Morgan fingerprint density at radius 3 is 2.65 bits per heavy atom. The quantitative estimate of drug-likeness (QED) is 0.648. The second-order valence-electron chi connectivity index (χ2n) is 5.91.